The van der Waals surface area contributed by atoms with Gasteiger partial charge in [0.2, 0.25) is 5.95 Å². The number of thiophene rings is 1. The smallest absolute Gasteiger partial charge is 0.227 e. The van der Waals surface area contributed by atoms with Crippen LogP contribution in [0.4, 0.5) is 23.1 Å². The molecule has 0 aliphatic rings. The molecule has 0 atom stereocenters. The Hall–Kier alpha value is -3.52. The summed E-state index contributed by atoms with van der Waals surface area (Å²) in [7, 11) is 3.84. The molecule has 0 fully saturated rings. The Morgan fingerprint density at radius 1 is 0.929 bits per heavy atom. The number of fused-ring (bicyclic) bond motifs is 4. The van der Waals surface area contributed by atoms with E-state index in [0.29, 0.717) is 5.95 Å². The summed E-state index contributed by atoms with van der Waals surface area (Å²) in [6.07, 6.45) is 3.38. The molecule has 0 aliphatic carbocycles. The van der Waals surface area contributed by atoms with Crippen LogP contribution < -0.4 is 16.0 Å². The number of rotatable bonds is 3. The van der Waals surface area contributed by atoms with Crippen LogP contribution in [0.15, 0.2) is 48.8 Å². The number of nitrogens with one attached hydrogen (secondary N) is 1. The van der Waals surface area contributed by atoms with Crippen LogP contribution in [0.2, 0.25) is 0 Å². The summed E-state index contributed by atoms with van der Waals surface area (Å²) in [6, 6.07) is 11.9. The molecular formula is C20H17N7S. The standard InChI is InChI=1S/C20H17N7S/c1-27(2)20-25-15-16-19(23-10-9-22-16)28-17(15)18(26-20)24-14-8-4-5-11-12(14)6-3-7-13(11)21/h3-10H,21H2,1-2H3,(H,24,25,26). The highest BCUT2D eigenvalue weighted by Crippen LogP contribution is 2.37. The maximum absolute atomic E-state index is 6.15. The first-order valence-corrected chi connectivity index (χ1v) is 9.56. The average molecular weight is 387 g/mol. The molecule has 8 heteroatoms. The number of benzene rings is 2. The van der Waals surface area contributed by atoms with Gasteiger partial charge in [-0.3, -0.25) is 0 Å². The Morgan fingerprint density at radius 2 is 1.71 bits per heavy atom. The van der Waals surface area contributed by atoms with Crippen LogP contribution in [0.5, 0.6) is 0 Å². The van der Waals surface area contributed by atoms with Crippen LogP contribution >= 0.6 is 11.3 Å². The third-order valence-corrected chi connectivity index (χ3v) is 5.63. The number of hydrogen-bond acceptors (Lipinski definition) is 8. The SMILES string of the molecule is CN(C)c1nc(Nc2cccc3c(N)cccc23)c2sc3nccnc3c2n1. The van der Waals surface area contributed by atoms with Gasteiger partial charge in [0.15, 0.2) is 5.82 Å². The summed E-state index contributed by atoms with van der Waals surface area (Å²) in [4.78, 5) is 21.1. The van der Waals surface area contributed by atoms with Crippen molar-refractivity contribution in [1.82, 2.24) is 19.9 Å². The Balaban J connectivity index is 1.76. The van der Waals surface area contributed by atoms with E-state index in [1.165, 1.54) is 11.3 Å². The number of nitrogens with two attached hydrogens (primary N) is 1. The van der Waals surface area contributed by atoms with E-state index in [-0.39, 0.29) is 0 Å². The van der Waals surface area contributed by atoms with Crippen LogP contribution in [-0.2, 0) is 0 Å². The highest BCUT2D eigenvalue weighted by atomic mass is 32.1. The van der Waals surface area contributed by atoms with Gasteiger partial charge in [-0.1, -0.05) is 24.3 Å². The van der Waals surface area contributed by atoms with E-state index in [1.54, 1.807) is 12.4 Å². The lowest BCUT2D eigenvalue weighted by atomic mass is 10.1. The second-order valence-corrected chi connectivity index (χ2v) is 7.63. The Morgan fingerprint density at radius 3 is 2.57 bits per heavy atom. The quantitative estimate of drug-likeness (QED) is 0.449. The normalized spacial score (nSPS) is 11.4. The van der Waals surface area contributed by atoms with E-state index in [9.17, 15) is 0 Å². The van der Waals surface area contributed by atoms with E-state index in [4.69, 9.17) is 15.7 Å². The van der Waals surface area contributed by atoms with E-state index < -0.39 is 0 Å². The molecule has 0 aliphatic heterocycles. The van der Waals surface area contributed by atoms with Gasteiger partial charge >= 0.3 is 0 Å². The highest BCUT2D eigenvalue weighted by molar-refractivity contribution is 7.25. The first-order valence-electron chi connectivity index (χ1n) is 8.74. The summed E-state index contributed by atoms with van der Waals surface area (Å²) in [5.74, 6) is 1.34. The van der Waals surface area contributed by atoms with Gasteiger partial charge in [0.05, 0.1) is 0 Å². The van der Waals surface area contributed by atoms with E-state index in [0.717, 1.165) is 48.5 Å². The molecule has 3 aromatic heterocycles. The summed E-state index contributed by atoms with van der Waals surface area (Å²) in [5, 5.41) is 5.54. The van der Waals surface area contributed by atoms with Crippen LogP contribution in [0.3, 0.4) is 0 Å². The van der Waals surface area contributed by atoms with Crippen LogP contribution in [-0.4, -0.2) is 34.0 Å². The average Bonchev–Trinajstić information content (AvgIpc) is 3.08. The zero-order valence-electron chi connectivity index (χ0n) is 15.3. The predicted octanol–water partition coefficient (Wildman–Crippen LogP) is 4.18. The molecule has 0 saturated carbocycles. The molecule has 28 heavy (non-hydrogen) atoms. The number of hydrogen-bond donors (Lipinski definition) is 2. The van der Waals surface area contributed by atoms with Gasteiger partial charge in [0, 0.05) is 48.6 Å². The minimum atomic E-state index is 0.611. The molecule has 0 amide bonds. The van der Waals surface area contributed by atoms with Gasteiger partial charge in [-0.05, 0) is 12.1 Å². The molecule has 7 nitrogen and oxygen atoms in total. The molecule has 0 saturated heterocycles. The minimum absolute atomic E-state index is 0.611. The van der Waals surface area contributed by atoms with Gasteiger partial charge in [0.1, 0.15) is 20.6 Å². The maximum Gasteiger partial charge on any atom is 0.227 e. The predicted molar refractivity (Wildman–Crippen MR) is 116 cm³/mol. The molecule has 0 bridgehead atoms. The molecule has 0 spiro atoms. The van der Waals surface area contributed by atoms with Gasteiger partial charge in [0.25, 0.3) is 0 Å². The van der Waals surface area contributed by atoms with Crippen molar-refractivity contribution in [2.75, 3.05) is 30.0 Å². The van der Waals surface area contributed by atoms with Crippen LogP contribution in [0, 0.1) is 0 Å². The molecule has 0 radical (unpaired) electrons. The van der Waals surface area contributed by atoms with Crippen molar-refractivity contribution >= 4 is 65.8 Å². The van der Waals surface area contributed by atoms with Crippen LogP contribution in [0.25, 0.3) is 31.3 Å². The monoisotopic (exact) mass is 387 g/mol. The first kappa shape index (κ1) is 16.6. The molecule has 3 N–H and O–H groups in total. The molecule has 138 valence electrons. The molecular weight excluding hydrogens is 370 g/mol. The second kappa shape index (κ2) is 6.28. The fourth-order valence-electron chi connectivity index (χ4n) is 3.21. The molecule has 5 rings (SSSR count). The summed E-state index contributed by atoms with van der Waals surface area (Å²) >= 11 is 1.53. The number of anilines is 4. The summed E-state index contributed by atoms with van der Waals surface area (Å²) in [6.45, 7) is 0. The van der Waals surface area contributed by atoms with Crippen molar-refractivity contribution in [2.45, 2.75) is 0 Å². The zero-order chi connectivity index (χ0) is 19.3. The zero-order valence-corrected chi connectivity index (χ0v) is 16.2. The van der Waals surface area contributed by atoms with Gasteiger partial charge in [-0.2, -0.15) is 4.98 Å². The molecule has 5 aromatic rings. The third-order valence-electron chi connectivity index (χ3n) is 4.55. The summed E-state index contributed by atoms with van der Waals surface area (Å²) < 4.78 is 0.924. The van der Waals surface area contributed by atoms with Crippen molar-refractivity contribution < 1.29 is 0 Å². The Bertz CT molecular complexity index is 1340. The van der Waals surface area contributed by atoms with E-state index in [2.05, 4.69) is 15.3 Å². The van der Waals surface area contributed by atoms with Crippen molar-refractivity contribution in [3.8, 4) is 0 Å². The van der Waals surface area contributed by atoms with Gasteiger partial charge in [-0.15, -0.1) is 11.3 Å². The fraction of sp³-hybridized carbons (Fsp3) is 0.100. The van der Waals surface area contributed by atoms with Gasteiger partial charge < -0.3 is 16.0 Å². The van der Waals surface area contributed by atoms with E-state index >= 15 is 0 Å². The largest absolute Gasteiger partial charge is 0.398 e. The summed E-state index contributed by atoms with van der Waals surface area (Å²) in [5.41, 5.74) is 9.43. The van der Waals surface area contributed by atoms with Crippen molar-refractivity contribution in [1.29, 1.82) is 0 Å². The highest BCUT2D eigenvalue weighted by Gasteiger charge is 2.17. The lowest BCUT2D eigenvalue weighted by molar-refractivity contribution is 1.02. The van der Waals surface area contributed by atoms with Crippen molar-refractivity contribution in [3.05, 3.63) is 48.8 Å². The van der Waals surface area contributed by atoms with Gasteiger partial charge in [-0.25, -0.2) is 15.0 Å². The maximum atomic E-state index is 6.15. The number of nitrogen functional groups attached to an aromatic ring is 1. The number of nitrogens with zero attached hydrogens (tertiary/aromatic N) is 5. The lowest BCUT2D eigenvalue weighted by Crippen LogP contribution is -2.13. The minimum Gasteiger partial charge on any atom is -0.398 e. The molecule has 3 heterocycles. The lowest BCUT2D eigenvalue weighted by Gasteiger charge is -2.14. The molecule has 0 unspecified atom stereocenters. The first-order chi connectivity index (χ1) is 13.6. The Kier molecular flexibility index (Phi) is 3.73. The number of aromatic nitrogens is 4. The fourth-order valence-corrected chi connectivity index (χ4v) is 4.20. The molecule has 2 aromatic carbocycles. The second-order valence-electron chi connectivity index (χ2n) is 6.63. The third kappa shape index (κ3) is 2.57. The van der Waals surface area contributed by atoms with Crippen molar-refractivity contribution in [3.63, 3.8) is 0 Å². The Labute approximate surface area is 164 Å². The van der Waals surface area contributed by atoms with Crippen molar-refractivity contribution in [2.24, 2.45) is 0 Å². The topological polar surface area (TPSA) is 92.9 Å². The van der Waals surface area contributed by atoms with Crippen LogP contribution in [0.1, 0.15) is 0 Å². The van der Waals surface area contributed by atoms with E-state index in [1.807, 2.05) is 55.4 Å².